The van der Waals surface area contributed by atoms with Gasteiger partial charge in [-0.1, -0.05) is 67.6 Å². The molecule has 0 amide bonds. The van der Waals surface area contributed by atoms with Crippen LogP contribution in [0.25, 0.3) is 0 Å². The molecule has 2 N–H and O–H groups in total. The molecule has 2 aromatic rings. The molecule has 0 bridgehead atoms. The summed E-state index contributed by atoms with van der Waals surface area (Å²) < 4.78 is 6.25. The summed E-state index contributed by atoms with van der Waals surface area (Å²) in [5, 5.41) is 12.8. The van der Waals surface area contributed by atoms with E-state index in [-0.39, 0.29) is 17.7 Å². The minimum absolute atomic E-state index is 0.0877. The van der Waals surface area contributed by atoms with E-state index in [1.165, 1.54) is 0 Å². The summed E-state index contributed by atoms with van der Waals surface area (Å²) >= 11 is 0. The molecule has 36 heavy (non-hydrogen) atoms. The number of benzene rings is 2. The number of ketones is 1. The molecule has 0 spiro atoms. The molecule has 0 aromatic heterocycles. The molecule has 0 saturated carbocycles. The van der Waals surface area contributed by atoms with Crippen LogP contribution in [-0.2, 0) is 24.8 Å². The predicted octanol–water partition coefficient (Wildman–Crippen LogP) is 2.23. The number of aliphatic carboxylic acids is 1. The number of carboxylic acid groups (broad SMARTS) is 1. The van der Waals surface area contributed by atoms with E-state index in [2.05, 4.69) is 5.32 Å². The fourth-order valence-corrected chi connectivity index (χ4v) is 6.18. The van der Waals surface area contributed by atoms with Crippen LogP contribution in [0.4, 0.5) is 0 Å². The highest BCUT2D eigenvalue weighted by molar-refractivity contribution is 5.89. The van der Waals surface area contributed by atoms with Crippen molar-refractivity contribution in [3.8, 4) is 0 Å². The first kappa shape index (κ1) is 24.6. The number of fused-ring (bicyclic) bond motifs is 1. The number of Topliss-reactive ketones (excluding diaryl/α,β-unsaturated/α-hetero) is 1. The molecular formula is C28H33N3O5. The van der Waals surface area contributed by atoms with E-state index < -0.39 is 29.8 Å². The first-order valence-electron chi connectivity index (χ1n) is 12.8. The molecule has 0 aliphatic carbocycles. The number of hydrogen-bond acceptors (Lipinski definition) is 7. The highest BCUT2D eigenvalue weighted by Gasteiger charge is 2.60. The van der Waals surface area contributed by atoms with E-state index in [9.17, 15) is 19.5 Å². The molecule has 0 radical (unpaired) electrons. The molecular weight excluding hydrogens is 458 g/mol. The minimum atomic E-state index is -1.19. The van der Waals surface area contributed by atoms with Crippen molar-refractivity contribution in [2.75, 3.05) is 26.2 Å². The third-order valence-corrected chi connectivity index (χ3v) is 7.93. The maximum absolute atomic E-state index is 14.0. The van der Waals surface area contributed by atoms with E-state index in [0.29, 0.717) is 45.4 Å². The number of carbonyl (C=O) groups excluding carboxylic acids is 2. The van der Waals surface area contributed by atoms with E-state index >= 15 is 0 Å². The molecule has 3 unspecified atom stereocenters. The second kappa shape index (κ2) is 10.1. The average Bonchev–Trinajstić information content (AvgIpc) is 3.23. The van der Waals surface area contributed by atoms with Crippen LogP contribution in [0, 0.1) is 5.92 Å². The number of carboxylic acids is 1. The Balaban J connectivity index is 1.48. The quantitative estimate of drug-likeness (QED) is 0.569. The number of nitrogens with one attached hydrogen (secondary N) is 1. The van der Waals surface area contributed by atoms with Gasteiger partial charge in [-0.15, -0.1) is 0 Å². The van der Waals surface area contributed by atoms with Crippen molar-refractivity contribution in [1.82, 2.24) is 15.1 Å². The number of esters is 1. The molecule has 5 rings (SSSR count). The summed E-state index contributed by atoms with van der Waals surface area (Å²) in [6.07, 6.45) is 1.75. The predicted molar refractivity (Wildman–Crippen MR) is 133 cm³/mol. The molecule has 8 nitrogen and oxygen atoms in total. The Hall–Kier alpha value is -3.07. The number of piperazine rings is 1. The lowest BCUT2D eigenvalue weighted by Gasteiger charge is -2.46. The zero-order chi connectivity index (χ0) is 25.3. The lowest BCUT2D eigenvalue weighted by molar-refractivity contribution is -0.154. The number of carbonyl (C=O) groups is 3. The van der Waals surface area contributed by atoms with Gasteiger partial charge in [-0.25, -0.2) is 4.90 Å². The third kappa shape index (κ3) is 4.13. The molecule has 2 aromatic carbocycles. The Bertz CT molecular complexity index is 1060. The van der Waals surface area contributed by atoms with Gasteiger partial charge in [-0.05, 0) is 32.4 Å². The number of rotatable bonds is 7. The summed E-state index contributed by atoms with van der Waals surface area (Å²) in [4.78, 5) is 42.9. The van der Waals surface area contributed by atoms with Gasteiger partial charge in [-0.2, -0.15) is 0 Å². The Morgan fingerprint density at radius 3 is 2.14 bits per heavy atom. The second-order valence-electron chi connectivity index (χ2n) is 9.87. The summed E-state index contributed by atoms with van der Waals surface area (Å²) in [7, 11) is 0. The zero-order valence-corrected chi connectivity index (χ0v) is 20.5. The number of ether oxygens (including phenoxy) is 1. The van der Waals surface area contributed by atoms with Gasteiger partial charge in [0.05, 0.1) is 6.04 Å². The summed E-state index contributed by atoms with van der Waals surface area (Å²) in [6, 6.07) is 17.7. The van der Waals surface area contributed by atoms with Crippen molar-refractivity contribution in [1.29, 1.82) is 0 Å². The van der Waals surface area contributed by atoms with Crippen LogP contribution in [0.3, 0.4) is 0 Å². The van der Waals surface area contributed by atoms with Crippen LogP contribution in [0.15, 0.2) is 60.7 Å². The van der Waals surface area contributed by atoms with Crippen LogP contribution in [-0.4, -0.2) is 76.9 Å². The van der Waals surface area contributed by atoms with E-state index in [1.807, 2.05) is 77.4 Å². The Morgan fingerprint density at radius 2 is 1.61 bits per heavy atom. The lowest BCUT2D eigenvalue weighted by Crippen LogP contribution is -2.65. The normalized spacial score (nSPS) is 25.6. The summed E-state index contributed by atoms with van der Waals surface area (Å²) in [5.74, 6) is -1.26. The van der Waals surface area contributed by atoms with Gasteiger partial charge in [0.2, 0.25) is 5.72 Å². The molecule has 8 heteroatoms. The summed E-state index contributed by atoms with van der Waals surface area (Å²) in [5.41, 5.74) is 0.437. The second-order valence-corrected chi connectivity index (χ2v) is 9.87. The standard InChI is InChI=1S/C28H33N3O5/c1-2-22(26(33)34)30-15-13-19(14-16-30)25(32)23-17-29-18-24-27(35)36-28(31(23)24,20-9-5-3-6-10-20)21-11-7-4-8-12-21/h3-12,19,22-24,29H,2,13-18H2,1H3,(H,33,34). The first-order valence-corrected chi connectivity index (χ1v) is 12.8. The van der Waals surface area contributed by atoms with Gasteiger partial charge in [0.15, 0.2) is 5.78 Å². The van der Waals surface area contributed by atoms with Gasteiger partial charge in [0.1, 0.15) is 12.1 Å². The largest absolute Gasteiger partial charge is 0.480 e. The van der Waals surface area contributed by atoms with Crippen molar-refractivity contribution in [2.45, 2.75) is 50.0 Å². The van der Waals surface area contributed by atoms with Crippen molar-refractivity contribution in [3.05, 3.63) is 71.8 Å². The highest BCUT2D eigenvalue weighted by Crippen LogP contribution is 2.46. The van der Waals surface area contributed by atoms with Crippen LogP contribution in [0.1, 0.15) is 37.3 Å². The zero-order valence-electron chi connectivity index (χ0n) is 20.5. The smallest absolute Gasteiger partial charge is 0.327 e. The molecule has 3 aliphatic rings. The first-order chi connectivity index (χ1) is 17.5. The molecule has 3 aliphatic heterocycles. The molecule has 3 atom stereocenters. The van der Waals surface area contributed by atoms with Crippen LogP contribution in [0.5, 0.6) is 0 Å². The fraction of sp³-hybridized carbons (Fsp3) is 0.464. The van der Waals surface area contributed by atoms with Crippen LogP contribution >= 0.6 is 0 Å². The molecule has 3 saturated heterocycles. The van der Waals surface area contributed by atoms with E-state index in [4.69, 9.17) is 4.74 Å². The maximum atomic E-state index is 14.0. The lowest BCUT2D eigenvalue weighted by atomic mass is 9.83. The van der Waals surface area contributed by atoms with E-state index in [0.717, 1.165) is 11.1 Å². The Morgan fingerprint density at radius 1 is 1.03 bits per heavy atom. The van der Waals surface area contributed by atoms with Gasteiger partial charge in [0, 0.05) is 30.1 Å². The number of hydrogen-bond donors (Lipinski definition) is 2. The maximum Gasteiger partial charge on any atom is 0.327 e. The van der Waals surface area contributed by atoms with E-state index in [1.54, 1.807) is 0 Å². The van der Waals surface area contributed by atoms with Crippen molar-refractivity contribution in [3.63, 3.8) is 0 Å². The topological polar surface area (TPSA) is 99.2 Å². The van der Waals surface area contributed by atoms with Gasteiger partial charge < -0.3 is 15.2 Å². The number of nitrogens with zero attached hydrogens (tertiary/aromatic N) is 2. The monoisotopic (exact) mass is 491 g/mol. The van der Waals surface area contributed by atoms with Crippen molar-refractivity contribution < 1.29 is 24.2 Å². The highest BCUT2D eigenvalue weighted by atomic mass is 16.6. The fourth-order valence-electron chi connectivity index (χ4n) is 6.18. The molecule has 190 valence electrons. The minimum Gasteiger partial charge on any atom is -0.480 e. The van der Waals surface area contributed by atoms with Crippen molar-refractivity contribution in [2.24, 2.45) is 5.92 Å². The third-order valence-electron chi connectivity index (χ3n) is 7.93. The molecule has 3 heterocycles. The van der Waals surface area contributed by atoms with Crippen LogP contribution < -0.4 is 5.32 Å². The van der Waals surface area contributed by atoms with Gasteiger partial charge >= 0.3 is 11.9 Å². The number of likely N-dealkylation sites (tertiary alicyclic amines) is 1. The summed E-state index contributed by atoms with van der Waals surface area (Å²) in [6.45, 7) is 3.87. The SMILES string of the molecule is CCC(C(=O)O)N1CCC(C(=O)C2CNCC3C(=O)OC(c4ccccc4)(c4ccccc4)N32)CC1. The number of cyclic esters (lactones) is 1. The van der Waals surface area contributed by atoms with Crippen molar-refractivity contribution >= 4 is 17.7 Å². The van der Waals surface area contributed by atoms with Crippen LogP contribution in [0.2, 0.25) is 0 Å². The average molecular weight is 492 g/mol. The Kier molecular flexibility index (Phi) is 6.92. The molecule has 3 fully saturated rings. The number of piperidine rings is 1. The van der Waals surface area contributed by atoms with Gasteiger partial charge in [-0.3, -0.25) is 19.3 Å². The van der Waals surface area contributed by atoms with Gasteiger partial charge in [0.25, 0.3) is 0 Å². The Labute approximate surface area is 211 Å².